The Labute approximate surface area is 117 Å². The Kier molecular flexibility index (Phi) is 4.55. The summed E-state index contributed by atoms with van der Waals surface area (Å²) >= 11 is 0. The Morgan fingerprint density at radius 3 is 2.30 bits per heavy atom. The molecule has 1 aromatic heterocycles. The number of carbonyl (C=O) groups is 1. The molecule has 0 bridgehead atoms. The fraction of sp³-hybridized carbons (Fsp3) is 0.200. The van der Waals surface area contributed by atoms with Crippen molar-refractivity contribution < 1.29 is 14.3 Å². The van der Waals surface area contributed by atoms with Crippen molar-refractivity contribution in [2.45, 2.75) is 13.0 Å². The number of aromatic nitrogens is 1. The summed E-state index contributed by atoms with van der Waals surface area (Å²) in [5, 5.41) is 2.76. The lowest BCUT2D eigenvalue weighted by Gasteiger charge is -2.14. The molecule has 2 aromatic rings. The molecule has 1 heterocycles. The van der Waals surface area contributed by atoms with Gasteiger partial charge in [-0.3, -0.25) is 9.78 Å². The van der Waals surface area contributed by atoms with Crippen LogP contribution in [0.15, 0.2) is 48.8 Å². The SMILES string of the molecule is COc1ccc(O[C@H](C)C(=O)Nc2ccncc2)cc1. The average Bonchev–Trinajstić information content (AvgIpc) is 2.49. The molecule has 1 atom stereocenters. The number of pyridine rings is 1. The lowest BCUT2D eigenvalue weighted by Crippen LogP contribution is -2.30. The van der Waals surface area contributed by atoms with Gasteiger partial charge in [-0.05, 0) is 43.3 Å². The van der Waals surface area contributed by atoms with Gasteiger partial charge >= 0.3 is 0 Å². The topological polar surface area (TPSA) is 60.5 Å². The number of ether oxygens (including phenoxy) is 2. The van der Waals surface area contributed by atoms with Crippen LogP contribution < -0.4 is 14.8 Å². The van der Waals surface area contributed by atoms with E-state index in [1.807, 2.05) is 0 Å². The second kappa shape index (κ2) is 6.56. The van der Waals surface area contributed by atoms with Crippen molar-refractivity contribution in [3.05, 3.63) is 48.8 Å². The zero-order valence-electron chi connectivity index (χ0n) is 11.4. The molecule has 0 saturated carbocycles. The van der Waals surface area contributed by atoms with Crippen molar-refractivity contribution in [1.29, 1.82) is 0 Å². The monoisotopic (exact) mass is 272 g/mol. The summed E-state index contributed by atoms with van der Waals surface area (Å²) in [6.45, 7) is 1.70. The molecule has 5 nitrogen and oxygen atoms in total. The maximum Gasteiger partial charge on any atom is 0.265 e. The fourth-order valence-electron chi connectivity index (χ4n) is 1.59. The van der Waals surface area contributed by atoms with Gasteiger partial charge < -0.3 is 14.8 Å². The molecule has 0 aliphatic carbocycles. The maximum atomic E-state index is 12.0. The number of benzene rings is 1. The summed E-state index contributed by atoms with van der Waals surface area (Å²) in [4.78, 5) is 15.8. The second-order valence-electron chi connectivity index (χ2n) is 4.16. The van der Waals surface area contributed by atoms with Crippen molar-refractivity contribution >= 4 is 11.6 Å². The van der Waals surface area contributed by atoms with Crippen LogP contribution in [0.2, 0.25) is 0 Å². The summed E-state index contributed by atoms with van der Waals surface area (Å²) in [6, 6.07) is 10.5. The molecule has 0 aliphatic rings. The van der Waals surface area contributed by atoms with E-state index in [1.54, 1.807) is 62.8 Å². The Morgan fingerprint density at radius 1 is 1.10 bits per heavy atom. The van der Waals surface area contributed by atoms with Gasteiger partial charge in [-0.15, -0.1) is 0 Å². The highest BCUT2D eigenvalue weighted by Crippen LogP contribution is 2.18. The molecular weight excluding hydrogens is 256 g/mol. The minimum Gasteiger partial charge on any atom is -0.497 e. The summed E-state index contributed by atoms with van der Waals surface area (Å²) < 4.78 is 10.6. The third-order valence-corrected chi connectivity index (χ3v) is 2.69. The van der Waals surface area contributed by atoms with Crippen LogP contribution in [0, 0.1) is 0 Å². The first-order valence-corrected chi connectivity index (χ1v) is 6.20. The molecule has 1 amide bonds. The van der Waals surface area contributed by atoms with Crippen molar-refractivity contribution in [2.24, 2.45) is 0 Å². The highest BCUT2D eigenvalue weighted by molar-refractivity contribution is 5.93. The van der Waals surface area contributed by atoms with E-state index in [4.69, 9.17) is 9.47 Å². The summed E-state index contributed by atoms with van der Waals surface area (Å²) in [5.41, 5.74) is 0.690. The number of carbonyl (C=O) groups excluding carboxylic acids is 1. The Morgan fingerprint density at radius 2 is 1.70 bits per heavy atom. The average molecular weight is 272 g/mol. The van der Waals surface area contributed by atoms with E-state index in [2.05, 4.69) is 10.3 Å². The quantitative estimate of drug-likeness (QED) is 0.908. The highest BCUT2D eigenvalue weighted by atomic mass is 16.5. The van der Waals surface area contributed by atoms with Crippen LogP contribution in [0.4, 0.5) is 5.69 Å². The molecule has 20 heavy (non-hydrogen) atoms. The molecule has 0 spiro atoms. The number of hydrogen-bond donors (Lipinski definition) is 1. The molecule has 0 aliphatic heterocycles. The zero-order chi connectivity index (χ0) is 14.4. The van der Waals surface area contributed by atoms with Gasteiger partial charge in [0.25, 0.3) is 5.91 Å². The van der Waals surface area contributed by atoms with Crippen LogP contribution in [-0.4, -0.2) is 24.1 Å². The third-order valence-electron chi connectivity index (χ3n) is 2.69. The van der Waals surface area contributed by atoms with E-state index < -0.39 is 6.10 Å². The number of nitrogens with zero attached hydrogens (tertiary/aromatic N) is 1. The number of rotatable bonds is 5. The zero-order valence-corrected chi connectivity index (χ0v) is 11.4. The predicted octanol–water partition coefficient (Wildman–Crippen LogP) is 2.50. The fourth-order valence-corrected chi connectivity index (χ4v) is 1.59. The van der Waals surface area contributed by atoms with E-state index in [1.165, 1.54) is 0 Å². The van der Waals surface area contributed by atoms with Gasteiger partial charge in [-0.25, -0.2) is 0 Å². The normalized spacial score (nSPS) is 11.5. The molecule has 0 radical (unpaired) electrons. The molecule has 5 heteroatoms. The van der Waals surface area contributed by atoms with Crippen LogP contribution in [0.3, 0.4) is 0 Å². The molecule has 2 rings (SSSR count). The van der Waals surface area contributed by atoms with E-state index in [0.29, 0.717) is 11.4 Å². The molecule has 0 fully saturated rings. The van der Waals surface area contributed by atoms with Gasteiger partial charge in [0.2, 0.25) is 0 Å². The molecule has 0 unspecified atom stereocenters. The standard InChI is InChI=1S/C15H16N2O3/c1-11(15(18)17-12-7-9-16-10-8-12)20-14-5-3-13(19-2)4-6-14/h3-11H,1-2H3,(H,16,17,18)/t11-/m1/s1. The van der Waals surface area contributed by atoms with Gasteiger partial charge in [0.05, 0.1) is 7.11 Å². The van der Waals surface area contributed by atoms with Crippen molar-refractivity contribution in [3.63, 3.8) is 0 Å². The van der Waals surface area contributed by atoms with Gasteiger partial charge in [0.1, 0.15) is 11.5 Å². The van der Waals surface area contributed by atoms with E-state index >= 15 is 0 Å². The van der Waals surface area contributed by atoms with E-state index in [9.17, 15) is 4.79 Å². The van der Waals surface area contributed by atoms with Gasteiger partial charge in [0, 0.05) is 18.1 Å². The smallest absolute Gasteiger partial charge is 0.265 e. The Bertz CT molecular complexity index is 555. The summed E-state index contributed by atoms with van der Waals surface area (Å²) in [5.74, 6) is 1.14. The van der Waals surface area contributed by atoms with E-state index in [0.717, 1.165) is 5.75 Å². The van der Waals surface area contributed by atoms with Gasteiger partial charge in [0.15, 0.2) is 6.10 Å². The molecule has 1 N–H and O–H groups in total. The predicted molar refractivity (Wildman–Crippen MR) is 76.0 cm³/mol. The maximum absolute atomic E-state index is 12.0. The lowest BCUT2D eigenvalue weighted by atomic mass is 10.3. The van der Waals surface area contributed by atoms with Crippen LogP contribution in [0.25, 0.3) is 0 Å². The first-order chi connectivity index (χ1) is 9.69. The van der Waals surface area contributed by atoms with E-state index in [-0.39, 0.29) is 5.91 Å². The second-order valence-corrected chi connectivity index (χ2v) is 4.16. The first-order valence-electron chi connectivity index (χ1n) is 6.20. The summed E-state index contributed by atoms with van der Waals surface area (Å²) in [6.07, 6.45) is 2.63. The molecule has 0 saturated heterocycles. The van der Waals surface area contributed by atoms with Crippen molar-refractivity contribution in [3.8, 4) is 11.5 Å². The minimum absolute atomic E-state index is 0.216. The molecule has 104 valence electrons. The van der Waals surface area contributed by atoms with Gasteiger partial charge in [-0.2, -0.15) is 0 Å². The number of nitrogens with one attached hydrogen (secondary N) is 1. The van der Waals surface area contributed by atoms with Gasteiger partial charge in [-0.1, -0.05) is 0 Å². The molecular formula is C15H16N2O3. The Balaban J connectivity index is 1.93. The third kappa shape index (κ3) is 3.71. The number of amides is 1. The Hall–Kier alpha value is -2.56. The largest absolute Gasteiger partial charge is 0.497 e. The number of methoxy groups -OCH3 is 1. The first kappa shape index (κ1) is 13.9. The van der Waals surface area contributed by atoms with Crippen LogP contribution in [-0.2, 0) is 4.79 Å². The van der Waals surface area contributed by atoms with Crippen LogP contribution >= 0.6 is 0 Å². The number of hydrogen-bond acceptors (Lipinski definition) is 4. The van der Waals surface area contributed by atoms with Crippen LogP contribution in [0.5, 0.6) is 11.5 Å². The minimum atomic E-state index is -0.600. The van der Waals surface area contributed by atoms with Crippen molar-refractivity contribution in [2.75, 3.05) is 12.4 Å². The van der Waals surface area contributed by atoms with Crippen LogP contribution in [0.1, 0.15) is 6.92 Å². The number of anilines is 1. The lowest BCUT2D eigenvalue weighted by molar-refractivity contribution is -0.122. The molecule has 1 aromatic carbocycles. The highest BCUT2D eigenvalue weighted by Gasteiger charge is 2.14. The summed E-state index contributed by atoms with van der Waals surface area (Å²) in [7, 11) is 1.60. The van der Waals surface area contributed by atoms with Crippen molar-refractivity contribution in [1.82, 2.24) is 4.98 Å².